The fourth-order valence-electron chi connectivity index (χ4n) is 9.73. The van der Waals surface area contributed by atoms with Crippen LogP contribution in [0, 0.1) is 12.3 Å². The van der Waals surface area contributed by atoms with Gasteiger partial charge in [-0.25, -0.2) is 4.98 Å². The number of benzene rings is 2. The van der Waals surface area contributed by atoms with Crippen molar-refractivity contribution in [3.63, 3.8) is 0 Å². The van der Waals surface area contributed by atoms with E-state index in [1.54, 1.807) is 23.5 Å². The third-order valence-corrected chi connectivity index (χ3v) is 14.7. The molecule has 2 aliphatic heterocycles. The van der Waals surface area contributed by atoms with E-state index in [0.29, 0.717) is 29.0 Å². The van der Waals surface area contributed by atoms with Crippen molar-refractivity contribution in [1.82, 2.24) is 45.4 Å². The third kappa shape index (κ3) is 12.8. The normalized spacial score (nSPS) is 17.9. The Bertz CT molecular complexity index is 2460. The number of hydrogen-bond donors (Lipinski definition) is 5. The second-order valence-electron chi connectivity index (χ2n) is 20.1. The van der Waals surface area contributed by atoms with Crippen molar-refractivity contribution in [1.29, 1.82) is 0 Å². The summed E-state index contributed by atoms with van der Waals surface area (Å²) in [5, 5.41) is 40.4. The van der Waals surface area contributed by atoms with Gasteiger partial charge < -0.3 is 36.4 Å². The number of likely N-dealkylation sites (tertiary alicyclic amines) is 2. The molecule has 0 unspecified atom stereocenters. The number of anilines is 1. The summed E-state index contributed by atoms with van der Waals surface area (Å²) in [6, 6.07) is 15.4. The Kier molecular flexibility index (Phi) is 17.2. The first-order chi connectivity index (χ1) is 32.7. The van der Waals surface area contributed by atoms with Crippen LogP contribution in [-0.4, -0.2) is 107 Å². The highest BCUT2D eigenvalue weighted by Crippen LogP contribution is 2.34. The van der Waals surface area contributed by atoms with Crippen molar-refractivity contribution in [3.8, 4) is 27.4 Å². The van der Waals surface area contributed by atoms with E-state index in [0.717, 1.165) is 85.4 Å². The fourth-order valence-corrected chi connectivity index (χ4v) is 10.5. The third-order valence-electron chi connectivity index (χ3n) is 13.8. The lowest BCUT2D eigenvalue weighted by Crippen LogP contribution is -2.57. The van der Waals surface area contributed by atoms with Crippen LogP contribution >= 0.6 is 11.3 Å². The molecule has 3 amide bonds. The zero-order chi connectivity index (χ0) is 48.4. The molecule has 5 heterocycles. The van der Waals surface area contributed by atoms with Gasteiger partial charge in [0.25, 0.3) is 0 Å². The number of aryl methyl sites for hydroxylation is 1. The number of aromatic hydroxyl groups is 1. The van der Waals surface area contributed by atoms with Crippen molar-refractivity contribution in [3.05, 3.63) is 71.4 Å². The molecule has 2 aliphatic rings. The van der Waals surface area contributed by atoms with Crippen LogP contribution in [0.15, 0.2) is 60.1 Å². The number of β-amino-alcohol motifs (C(OH)–C–C–N with tert-alkyl or cyclic N) is 1. The number of aliphatic hydroxyl groups excluding tert-OH is 1. The van der Waals surface area contributed by atoms with Gasteiger partial charge in [0.05, 0.1) is 45.5 Å². The molecule has 2 aromatic carbocycles. The maximum atomic E-state index is 14.1. The lowest BCUT2D eigenvalue weighted by Gasteiger charge is -2.35. The quantitative estimate of drug-likeness (QED) is 0.0441. The van der Waals surface area contributed by atoms with Crippen LogP contribution in [0.25, 0.3) is 32.7 Å². The SMILES string of the molecule is Cc1ncsc1-c1ccc([C@H](C)NC(=O)[C@@H]2C[C@@H](O)CN2C(=O)[C@@H](NC(=O)CCCCCCCCCCCCN2CCC(n3nc(N)c4nnc(-c5ccccc5O)cc43)CC2)C(C)(C)C)cc1. The zero-order valence-electron chi connectivity index (χ0n) is 40.6. The number of nitrogen functional groups attached to an aromatic ring is 1. The van der Waals surface area contributed by atoms with Gasteiger partial charge in [0.15, 0.2) is 11.3 Å². The summed E-state index contributed by atoms with van der Waals surface area (Å²) in [6.07, 6.45) is 12.9. The summed E-state index contributed by atoms with van der Waals surface area (Å²) >= 11 is 1.59. The van der Waals surface area contributed by atoms with Crippen molar-refractivity contribution >= 4 is 45.9 Å². The number of aromatic nitrogens is 5. The molecule has 0 saturated carbocycles. The molecule has 4 atom stereocenters. The Morgan fingerprint density at radius 1 is 0.897 bits per heavy atom. The number of phenolic OH excluding ortho intramolecular Hbond substituents is 1. The first-order valence-electron chi connectivity index (χ1n) is 24.8. The van der Waals surface area contributed by atoms with Gasteiger partial charge in [-0.3, -0.25) is 19.1 Å². The fraction of sp³-hybridized carbons (Fsp3) is 0.558. The van der Waals surface area contributed by atoms with Gasteiger partial charge >= 0.3 is 0 Å². The number of unbranched alkanes of at least 4 members (excludes halogenated alkanes) is 9. The van der Waals surface area contributed by atoms with E-state index >= 15 is 0 Å². The minimum atomic E-state index is -0.835. The second kappa shape index (κ2) is 23.2. The molecular formula is C52H72N10O5S. The Morgan fingerprint density at radius 3 is 2.21 bits per heavy atom. The highest BCUT2D eigenvalue weighted by molar-refractivity contribution is 7.13. The van der Waals surface area contributed by atoms with Gasteiger partial charge in [0.1, 0.15) is 17.8 Å². The summed E-state index contributed by atoms with van der Waals surface area (Å²) in [5.74, 6) is -0.283. The smallest absolute Gasteiger partial charge is 0.246 e. The van der Waals surface area contributed by atoms with Gasteiger partial charge in [-0.2, -0.15) is 5.10 Å². The number of nitrogens with zero attached hydrogens (tertiary/aromatic N) is 7. The molecule has 0 radical (unpaired) electrons. The number of aliphatic hydroxyl groups is 1. The average molecular weight is 949 g/mol. The molecule has 0 spiro atoms. The molecule has 6 N–H and O–H groups in total. The largest absolute Gasteiger partial charge is 0.507 e. The Hall–Kier alpha value is -5.45. The molecule has 0 aliphatic carbocycles. The first-order valence-corrected chi connectivity index (χ1v) is 25.7. The number of piperidine rings is 1. The molecule has 2 saturated heterocycles. The maximum absolute atomic E-state index is 14.1. The summed E-state index contributed by atoms with van der Waals surface area (Å²) < 4.78 is 2.02. The van der Waals surface area contributed by atoms with E-state index in [1.807, 2.05) is 87.3 Å². The first kappa shape index (κ1) is 50.4. The molecule has 3 aromatic heterocycles. The summed E-state index contributed by atoms with van der Waals surface area (Å²) in [5.41, 5.74) is 13.1. The number of nitrogens with one attached hydrogen (secondary N) is 2. The van der Waals surface area contributed by atoms with Gasteiger partial charge in [-0.15, -0.1) is 21.5 Å². The standard InChI is InChI=1S/C52H72N10O5S/c1-34(36-21-23-37(24-22-36)47-35(2)54-33-68-47)55-50(66)43-30-39(63)32-61(43)51(67)48(52(3,4)5)56-45(65)20-14-12-10-8-6-7-9-11-13-17-27-60-28-25-38(26-29-60)62-42-31-41(40-18-15-16-19-44(40)64)57-58-46(42)49(53)59-62/h15-16,18-19,21-24,31,33-34,38-39,43,48,63-64H,6-14,17,20,25-30,32H2,1-5H3,(H2,53,59)(H,55,66)(H,56,65)/t34-,39+,43-,48+/m0/s1. The number of rotatable bonds is 21. The predicted molar refractivity (Wildman–Crippen MR) is 269 cm³/mol. The van der Waals surface area contributed by atoms with E-state index < -0.39 is 23.6 Å². The van der Waals surface area contributed by atoms with E-state index in [9.17, 15) is 24.6 Å². The molecule has 366 valence electrons. The Balaban J connectivity index is 0.746. The summed E-state index contributed by atoms with van der Waals surface area (Å²) in [4.78, 5) is 50.4. The summed E-state index contributed by atoms with van der Waals surface area (Å²) in [7, 11) is 0. The molecule has 68 heavy (non-hydrogen) atoms. The monoisotopic (exact) mass is 949 g/mol. The van der Waals surface area contributed by atoms with E-state index in [2.05, 4.69) is 35.8 Å². The molecule has 0 bridgehead atoms. The molecule has 2 fully saturated rings. The Labute approximate surface area is 405 Å². The number of carbonyl (C=O) groups excluding carboxylic acids is 3. The highest BCUT2D eigenvalue weighted by atomic mass is 32.1. The van der Waals surface area contributed by atoms with Crippen LogP contribution in [0.1, 0.15) is 141 Å². The number of carbonyl (C=O) groups is 3. The molecular weight excluding hydrogens is 877 g/mol. The van der Waals surface area contributed by atoms with Gasteiger partial charge in [-0.05, 0) is 80.8 Å². The molecule has 7 rings (SSSR count). The van der Waals surface area contributed by atoms with Crippen LogP contribution < -0.4 is 16.4 Å². The lowest BCUT2D eigenvalue weighted by molar-refractivity contribution is -0.144. The topological polar surface area (TPSA) is 205 Å². The van der Waals surface area contributed by atoms with Crippen molar-refractivity contribution in [2.24, 2.45) is 5.41 Å². The van der Waals surface area contributed by atoms with Crippen LogP contribution in [0.2, 0.25) is 0 Å². The van der Waals surface area contributed by atoms with E-state index in [4.69, 9.17) is 5.73 Å². The van der Waals surface area contributed by atoms with Crippen molar-refractivity contribution in [2.45, 2.75) is 155 Å². The number of amides is 3. The molecule has 16 heteroatoms. The van der Waals surface area contributed by atoms with E-state index in [1.165, 1.54) is 43.4 Å². The Morgan fingerprint density at radius 2 is 1.56 bits per heavy atom. The number of thiazole rings is 1. The molecule has 5 aromatic rings. The molecule has 15 nitrogen and oxygen atoms in total. The van der Waals surface area contributed by atoms with Crippen molar-refractivity contribution in [2.75, 3.05) is 31.9 Å². The lowest BCUT2D eigenvalue weighted by atomic mass is 9.85. The second-order valence-corrected chi connectivity index (χ2v) is 20.9. The maximum Gasteiger partial charge on any atom is 0.246 e. The highest BCUT2D eigenvalue weighted by Gasteiger charge is 2.44. The minimum absolute atomic E-state index is 0.0435. The van der Waals surface area contributed by atoms with Crippen LogP contribution in [0.5, 0.6) is 5.75 Å². The van der Waals surface area contributed by atoms with Crippen LogP contribution in [0.4, 0.5) is 5.82 Å². The number of phenols is 1. The average Bonchev–Trinajstić information content (AvgIpc) is 4.04. The van der Waals surface area contributed by atoms with Crippen LogP contribution in [0.3, 0.4) is 0 Å². The van der Waals surface area contributed by atoms with Crippen LogP contribution in [-0.2, 0) is 14.4 Å². The number of para-hydroxylation sites is 1. The van der Waals surface area contributed by atoms with Crippen molar-refractivity contribution < 1.29 is 24.6 Å². The number of nitrogens with two attached hydrogens (primary N) is 1. The van der Waals surface area contributed by atoms with Gasteiger partial charge in [-0.1, -0.05) is 109 Å². The van der Waals surface area contributed by atoms with Gasteiger partial charge in [0, 0.05) is 38.0 Å². The van der Waals surface area contributed by atoms with Gasteiger partial charge in [0.2, 0.25) is 17.7 Å². The zero-order valence-corrected chi connectivity index (χ0v) is 41.4. The number of hydrogen-bond acceptors (Lipinski definition) is 12. The summed E-state index contributed by atoms with van der Waals surface area (Å²) in [6.45, 7) is 12.8. The predicted octanol–water partition coefficient (Wildman–Crippen LogP) is 8.51. The number of fused-ring (bicyclic) bond motifs is 1. The minimum Gasteiger partial charge on any atom is -0.507 e. The van der Waals surface area contributed by atoms with E-state index in [-0.39, 0.29) is 48.5 Å².